The predicted molar refractivity (Wildman–Crippen MR) is 88.4 cm³/mol. The lowest BCUT2D eigenvalue weighted by atomic mass is 9.99. The molecule has 23 heavy (non-hydrogen) atoms. The third-order valence-electron chi connectivity index (χ3n) is 4.58. The van der Waals surface area contributed by atoms with Gasteiger partial charge < -0.3 is 10.2 Å². The van der Waals surface area contributed by atoms with Crippen LogP contribution in [0, 0.1) is 11.8 Å². The van der Waals surface area contributed by atoms with Crippen molar-refractivity contribution in [1.29, 1.82) is 0 Å². The van der Waals surface area contributed by atoms with Crippen molar-refractivity contribution in [3.8, 4) is 0 Å². The molecule has 1 aliphatic heterocycles. The highest BCUT2D eigenvalue weighted by Gasteiger charge is 2.32. The number of amides is 2. The number of carbonyl (C=O) groups excluding carboxylic acids is 2. The molecule has 126 valence electrons. The molecule has 2 fully saturated rings. The molecule has 3 rings (SSSR count). The zero-order valence-corrected chi connectivity index (χ0v) is 14.2. The number of nitrogens with one attached hydrogen (secondary N) is 1. The average molecular weight is 318 g/mol. The van der Waals surface area contributed by atoms with E-state index in [2.05, 4.69) is 24.3 Å². The Morgan fingerprint density at radius 3 is 2.78 bits per heavy atom. The first-order chi connectivity index (χ1) is 11.0. The maximum atomic E-state index is 12.5. The number of ketones is 1. The monoisotopic (exact) mass is 318 g/mol. The van der Waals surface area contributed by atoms with E-state index in [1.807, 2.05) is 11.6 Å². The minimum atomic E-state index is -0.115. The van der Waals surface area contributed by atoms with Gasteiger partial charge in [0.25, 0.3) is 0 Å². The Morgan fingerprint density at radius 2 is 2.17 bits per heavy atom. The topological polar surface area (TPSA) is 67.2 Å². The SMILES string of the molecule is CC(C)Cn1ncc(NC(=O)N2CCC(=O)C(C)C2)c1C1CC1. The second kappa shape index (κ2) is 6.34. The first kappa shape index (κ1) is 16.0. The van der Waals surface area contributed by atoms with E-state index in [9.17, 15) is 9.59 Å². The number of urea groups is 1. The van der Waals surface area contributed by atoms with E-state index in [-0.39, 0.29) is 17.7 Å². The van der Waals surface area contributed by atoms with Crippen molar-refractivity contribution in [2.24, 2.45) is 11.8 Å². The van der Waals surface area contributed by atoms with Gasteiger partial charge in [-0.1, -0.05) is 20.8 Å². The van der Waals surface area contributed by atoms with Gasteiger partial charge in [-0.15, -0.1) is 0 Å². The zero-order valence-electron chi connectivity index (χ0n) is 14.2. The standard InChI is InChI=1S/C17H26N4O2/c1-11(2)9-21-16(13-4-5-13)14(8-18-21)19-17(23)20-7-6-15(22)12(3)10-20/h8,11-13H,4-7,9-10H2,1-3H3,(H,19,23). The number of rotatable bonds is 4. The highest BCUT2D eigenvalue weighted by molar-refractivity contribution is 5.92. The molecular formula is C17H26N4O2. The minimum Gasteiger partial charge on any atom is -0.323 e. The van der Waals surface area contributed by atoms with Crippen molar-refractivity contribution in [3.05, 3.63) is 11.9 Å². The van der Waals surface area contributed by atoms with Gasteiger partial charge in [0.1, 0.15) is 5.78 Å². The van der Waals surface area contributed by atoms with Gasteiger partial charge in [0.05, 0.1) is 17.6 Å². The van der Waals surface area contributed by atoms with Crippen molar-refractivity contribution in [2.45, 2.75) is 52.5 Å². The van der Waals surface area contributed by atoms with Crippen LogP contribution in [0.5, 0.6) is 0 Å². The highest BCUT2D eigenvalue weighted by Crippen LogP contribution is 2.43. The third kappa shape index (κ3) is 3.57. The number of hydrogen-bond acceptors (Lipinski definition) is 3. The lowest BCUT2D eigenvalue weighted by Crippen LogP contribution is -2.45. The Bertz CT molecular complexity index is 604. The number of Topliss-reactive ketones (excluding diaryl/α,β-unsaturated/α-hetero) is 1. The summed E-state index contributed by atoms with van der Waals surface area (Å²) in [4.78, 5) is 25.9. The molecule has 2 heterocycles. The first-order valence-corrected chi connectivity index (χ1v) is 8.60. The fourth-order valence-corrected chi connectivity index (χ4v) is 3.16. The maximum absolute atomic E-state index is 12.5. The number of nitrogens with zero attached hydrogens (tertiary/aromatic N) is 3. The summed E-state index contributed by atoms with van der Waals surface area (Å²) in [6.45, 7) is 8.11. The van der Waals surface area contributed by atoms with Crippen LogP contribution in [0.15, 0.2) is 6.20 Å². The number of aromatic nitrogens is 2. The second-order valence-electron chi connectivity index (χ2n) is 7.29. The van der Waals surface area contributed by atoms with E-state index in [0.717, 1.165) is 17.9 Å². The summed E-state index contributed by atoms with van der Waals surface area (Å²) in [6, 6.07) is -0.115. The molecule has 1 N–H and O–H groups in total. The molecular weight excluding hydrogens is 292 g/mol. The molecule has 1 aliphatic carbocycles. The summed E-state index contributed by atoms with van der Waals surface area (Å²) in [7, 11) is 0. The van der Waals surface area contributed by atoms with E-state index < -0.39 is 0 Å². The second-order valence-corrected chi connectivity index (χ2v) is 7.29. The van der Waals surface area contributed by atoms with Gasteiger partial charge >= 0.3 is 6.03 Å². The van der Waals surface area contributed by atoms with Crippen LogP contribution in [0.4, 0.5) is 10.5 Å². The molecule has 2 amide bonds. The van der Waals surface area contributed by atoms with Gasteiger partial charge in [-0.25, -0.2) is 4.79 Å². The van der Waals surface area contributed by atoms with Crippen LogP contribution in [0.2, 0.25) is 0 Å². The molecule has 6 nitrogen and oxygen atoms in total. The van der Waals surface area contributed by atoms with Crippen LogP contribution in [0.25, 0.3) is 0 Å². The molecule has 1 saturated carbocycles. The molecule has 6 heteroatoms. The van der Waals surface area contributed by atoms with E-state index in [0.29, 0.717) is 31.3 Å². The van der Waals surface area contributed by atoms with Gasteiger partial charge in [-0.3, -0.25) is 9.48 Å². The fraction of sp³-hybridized carbons (Fsp3) is 0.706. The van der Waals surface area contributed by atoms with Crippen LogP contribution in [0.3, 0.4) is 0 Å². The number of piperidine rings is 1. The Morgan fingerprint density at radius 1 is 1.43 bits per heavy atom. The molecule has 1 saturated heterocycles. The molecule has 1 aromatic rings. The number of hydrogen-bond donors (Lipinski definition) is 1. The van der Waals surface area contributed by atoms with Crippen LogP contribution in [-0.4, -0.2) is 39.6 Å². The van der Waals surface area contributed by atoms with Crippen molar-refractivity contribution in [3.63, 3.8) is 0 Å². The largest absolute Gasteiger partial charge is 0.323 e. The maximum Gasteiger partial charge on any atom is 0.321 e. The van der Waals surface area contributed by atoms with Crippen molar-refractivity contribution in [1.82, 2.24) is 14.7 Å². The summed E-state index contributed by atoms with van der Waals surface area (Å²) in [5.74, 6) is 1.22. The molecule has 2 aliphatic rings. The van der Waals surface area contributed by atoms with E-state index in [1.165, 1.54) is 12.8 Å². The van der Waals surface area contributed by atoms with Gasteiger partial charge in [-0.05, 0) is 18.8 Å². The summed E-state index contributed by atoms with van der Waals surface area (Å²) < 4.78 is 2.04. The van der Waals surface area contributed by atoms with Crippen LogP contribution >= 0.6 is 0 Å². The molecule has 0 bridgehead atoms. The summed E-state index contributed by atoms with van der Waals surface area (Å²) in [6.07, 6.45) is 4.56. The van der Waals surface area contributed by atoms with Crippen molar-refractivity contribution >= 4 is 17.5 Å². The summed E-state index contributed by atoms with van der Waals surface area (Å²) >= 11 is 0. The van der Waals surface area contributed by atoms with Gasteiger partial charge in [-0.2, -0.15) is 5.10 Å². The zero-order chi connectivity index (χ0) is 16.6. The van der Waals surface area contributed by atoms with Crippen LogP contribution < -0.4 is 5.32 Å². The predicted octanol–water partition coefficient (Wildman–Crippen LogP) is 2.86. The van der Waals surface area contributed by atoms with Crippen LogP contribution in [-0.2, 0) is 11.3 Å². The molecule has 1 atom stereocenters. The van der Waals surface area contributed by atoms with Crippen molar-refractivity contribution in [2.75, 3.05) is 18.4 Å². The number of likely N-dealkylation sites (tertiary alicyclic amines) is 1. The Labute approximate surface area is 137 Å². The lowest BCUT2D eigenvalue weighted by Gasteiger charge is -2.30. The molecule has 0 radical (unpaired) electrons. The summed E-state index contributed by atoms with van der Waals surface area (Å²) in [5.41, 5.74) is 2.00. The van der Waals surface area contributed by atoms with Gasteiger partial charge in [0.2, 0.25) is 0 Å². The van der Waals surface area contributed by atoms with Crippen LogP contribution in [0.1, 0.15) is 51.6 Å². The van der Waals surface area contributed by atoms with Gasteiger partial charge in [0.15, 0.2) is 0 Å². The Hall–Kier alpha value is -1.85. The number of carbonyl (C=O) groups is 2. The van der Waals surface area contributed by atoms with Gasteiger partial charge in [0, 0.05) is 37.9 Å². The highest BCUT2D eigenvalue weighted by atomic mass is 16.2. The first-order valence-electron chi connectivity index (χ1n) is 8.60. The molecule has 1 unspecified atom stereocenters. The van der Waals surface area contributed by atoms with E-state index >= 15 is 0 Å². The third-order valence-corrected chi connectivity index (χ3v) is 4.58. The number of anilines is 1. The smallest absolute Gasteiger partial charge is 0.321 e. The quantitative estimate of drug-likeness (QED) is 0.928. The Balaban J connectivity index is 1.71. The Kier molecular flexibility index (Phi) is 4.41. The minimum absolute atomic E-state index is 0.0685. The molecule has 1 aromatic heterocycles. The van der Waals surface area contributed by atoms with E-state index in [1.54, 1.807) is 11.1 Å². The average Bonchev–Trinajstić information content (AvgIpc) is 3.25. The molecule has 0 aromatic carbocycles. The molecule has 0 spiro atoms. The summed E-state index contributed by atoms with van der Waals surface area (Å²) in [5, 5.41) is 7.50. The normalized spacial score (nSPS) is 21.8. The lowest BCUT2D eigenvalue weighted by molar-refractivity contribution is -0.124. The fourth-order valence-electron chi connectivity index (χ4n) is 3.16. The van der Waals surface area contributed by atoms with Crippen molar-refractivity contribution < 1.29 is 9.59 Å². The van der Waals surface area contributed by atoms with E-state index in [4.69, 9.17) is 0 Å².